The van der Waals surface area contributed by atoms with Crippen LogP contribution in [0.5, 0.6) is 0 Å². The number of aromatic nitrogens is 2. The van der Waals surface area contributed by atoms with Crippen molar-refractivity contribution in [3.8, 4) is 0 Å². The van der Waals surface area contributed by atoms with Gasteiger partial charge in [-0.25, -0.2) is 22.9 Å². The monoisotopic (exact) mass is 499 g/mol. The van der Waals surface area contributed by atoms with Gasteiger partial charge in [-0.05, 0) is 0 Å². The third-order valence-corrected chi connectivity index (χ3v) is 7.51. The number of rotatable bonds is 8. The van der Waals surface area contributed by atoms with Crippen molar-refractivity contribution in [2.75, 3.05) is 12.3 Å². The van der Waals surface area contributed by atoms with Crippen molar-refractivity contribution in [2.45, 2.75) is 25.4 Å². The Morgan fingerprint density at radius 2 is 1.83 bits per heavy atom. The Morgan fingerprint density at radius 1 is 1.23 bits per heavy atom. The van der Waals surface area contributed by atoms with E-state index >= 15 is 0 Å². The van der Waals surface area contributed by atoms with Crippen molar-refractivity contribution in [3.63, 3.8) is 0 Å². The van der Waals surface area contributed by atoms with E-state index < -0.39 is 71.8 Å². The van der Waals surface area contributed by atoms with E-state index in [4.69, 9.17) is 25.2 Å². The Kier molecular flexibility index (Phi) is 7.41. The first-order chi connectivity index (χ1) is 13.5. The molecule has 7 N–H and O–H groups in total. The van der Waals surface area contributed by atoms with Gasteiger partial charge in [-0.15, -0.1) is 0 Å². The lowest BCUT2D eigenvalue weighted by Gasteiger charge is -2.19. The number of nitrogens with two attached hydrogens (primary N) is 1. The van der Waals surface area contributed by atoms with Crippen LogP contribution in [0.3, 0.4) is 0 Å². The van der Waals surface area contributed by atoms with E-state index in [-0.39, 0.29) is 0 Å². The summed E-state index contributed by atoms with van der Waals surface area (Å²) in [6, 6.07) is 0. The normalized spacial score (nSPS) is 28.8. The molecular weight excluding hydrogens is 482 g/mol. The highest BCUT2D eigenvalue weighted by atomic mass is 31.3. The molecule has 6 atom stereocenters. The number of hydrogen-bond acceptors (Lipinski definition) is 11. The molecule has 1 saturated heterocycles. The minimum Gasteiger partial charge on any atom is -0.390 e. The second kappa shape index (κ2) is 8.82. The van der Waals surface area contributed by atoms with Gasteiger partial charge in [-0.3, -0.25) is 9.09 Å². The molecule has 0 radical (unpaired) electrons. The Labute approximate surface area is 166 Å². The second-order valence-corrected chi connectivity index (χ2v) is 10.4. The summed E-state index contributed by atoms with van der Waals surface area (Å²) >= 11 is 0. The Balaban J connectivity index is 2.09. The van der Waals surface area contributed by atoms with Gasteiger partial charge in [0.15, 0.2) is 11.6 Å². The molecule has 2 rings (SSSR count). The zero-order valence-electron chi connectivity index (χ0n) is 14.8. The zero-order chi connectivity index (χ0) is 23.1. The predicted octanol–water partition coefficient (Wildman–Crippen LogP) is -0.798. The first-order valence-corrected chi connectivity index (χ1v) is 12.2. The van der Waals surface area contributed by atoms with Gasteiger partial charge in [0.05, 0.1) is 18.9 Å². The molecule has 2 heterocycles. The molecule has 30 heavy (non-hydrogen) atoms. The van der Waals surface area contributed by atoms with E-state index in [0.717, 1.165) is 0 Å². The molecule has 1 aliphatic rings. The lowest BCUT2D eigenvalue weighted by Crippen LogP contribution is -2.31. The smallest absolute Gasteiger partial charge is 0.390 e. The number of nitrogens with zero attached hydrogens (tertiary/aromatic N) is 2. The van der Waals surface area contributed by atoms with Crippen molar-refractivity contribution in [2.24, 2.45) is 5.92 Å². The molecule has 0 aromatic carbocycles. The molecular formula is C10H17FN3O13P3. The minimum atomic E-state index is -5.71. The van der Waals surface area contributed by atoms with E-state index in [1.807, 2.05) is 0 Å². The average Bonchev–Trinajstić information content (AvgIpc) is 2.81. The van der Waals surface area contributed by atoms with E-state index in [1.165, 1.54) is 6.92 Å². The molecule has 1 aliphatic heterocycles. The van der Waals surface area contributed by atoms with E-state index in [9.17, 15) is 32.9 Å². The van der Waals surface area contributed by atoms with Crippen LogP contribution in [-0.2, 0) is 31.6 Å². The molecule has 2 unspecified atom stereocenters. The molecule has 16 nitrogen and oxygen atoms in total. The molecule has 1 fully saturated rings. The van der Waals surface area contributed by atoms with Gasteiger partial charge in [0.25, 0.3) is 0 Å². The highest BCUT2D eigenvalue weighted by Crippen LogP contribution is 2.66. The van der Waals surface area contributed by atoms with E-state index in [2.05, 4.69) is 18.1 Å². The Bertz CT molecular complexity index is 997. The summed E-state index contributed by atoms with van der Waals surface area (Å²) in [4.78, 5) is 50.6. The summed E-state index contributed by atoms with van der Waals surface area (Å²) in [6.45, 7) is 0.437. The van der Waals surface area contributed by atoms with Gasteiger partial charge in [0, 0.05) is 5.92 Å². The fraction of sp³-hybridized carbons (Fsp3) is 0.600. The van der Waals surface area contributed by atoms with Gasteiger partial charge in [-0.1, -0.05) is 6.92 Å². The van der Waals surface area contributed by atoms with Crippen molar-refractivity contribution >= 4 is 29.3 Å². The minimum absolute atomic E-state index is 0.661. The highest BCUT2D eigenvalue weighted by Gasteiger charge is 2.45. The first-order valence-electron chi connectivity index (χ1n) is 7.67. The van der Waals surface area contributed by atoms with Crippen LogP contribution in [0, 0.1) is 11.7 Å². The number of aliphatic hydroxyl groups is 1. The number of hydrogen-bond donors (Lipinski definition) is 6. The first kappa shape index (κ1) is 25.2. The Hall–Kier alpha value is -1.06. The number of halogens is 1. The quantitative estimate of drug-likeness (QED) is 0.240. The van der Waals surface area contributed by atoms with Crippen LogP contribution in [0.2, 0.25) is 0 Å². The van der Waals surface area contributed by atoms with E-state index in [1.54, 1.807) is 0 Å². The van der Waals surface area contributed by atoms with Crippen molar-refractivity contribution in [1.82, 2.24) is 9.55 Å². The topological polar surface area (TPSA) is 250 Å². The number of nitrogen functional groups attached to an aromatic ring is 1. The highest BCUT2D eigenvalue weighted by molar-refractivity contribution is 7.66. The zero-order valence-corrected chi connectivity index (χ0v) is 17.5. The lowest BCUT2D eigenvalue weighted by atomic mass is 10.0. The predicted molar refractivity (Wildman–Crippen MR) is 91.8 cm³/mol. The maximum atomic E-state index is 13.6. The molecule has 20 heteroatoms. The molecule has 0 aliphatic carbocycles. The largest absolute Gasteiger partial charge is 0.490 e. The third-order valence-electron chi connectivity index (χ3n) is 3.71. The summed E-state index contributed by atoms with van der Waals surface area (Å²) in [5, 5.41) is 10.2. The van der Waals surface area contributed by atoms with Crippen LogP contribution < -0.4 is 11.4 Å². The fourth-order valence-corrected chi connectivity index (χ4v) is 5.49. The maximum absolute atomic E-state index is 13.6. The standard InChI is InChI=1S/C10H17FN3O13P3/c1-4-7(15)6(25-9(4)14-2-5(11)8(12)13-10(14)16)3-24-29(20,21)27-30(22,23)26-28(17,18)19/h2,4,6-7,9,15H,3H2,1H3,(H,20,21)(H,22,23)(H2,12,13,16)(H2,17,18,19)/t4-,6+,7-,9+/m0/s1. The third kappa shape index (κ3) is 6.47. The number of phosphoric ester groups is 1. The molecule has 172 valence electrons. The Morgan fingerprint density at radius 3 is 2.40 bits per heavy atom. The number of aliphatic hydroxyl groups excluding tert-OH is 1. The van der Waals surface area contributed by atoms with Gasteiger partial charge >= 0.3 is 29.2 Å². The van der Waals surface area contributed by atoms with Crippen LogP contribution in [-0.4, -0.2) is 53.0 Å². The number of phosphoric acid groups is 3. The van der Waals surface area contributed by atoms with Crippen molar-refractivity contribution < 1.29 is 60.6 Å². The number of ether oxygens (including phenoxy) is 1. The molecule has 1 aromatic heterocycles. The van der Waals surface area contributed by atoms with Crippen molar-refractivity contribution in [3.05, 3.63) is 22.5 Å². The van der Waals surface area contributed by atoms with Crippen LogP contribution in [0.1, 0.15) is 13.2 Å². The summed E-state index contributed by atoms with van der Waals surface area (Å²) in [5.74, 6) is -2.59. The molecule has 1 aromatic rings. The summed E-state index contributed by atoms with van der Waals surface area (Å²) in [6.07, 6.45) is -3.45. The second-order valence-electron chi connectivity index (χ2n) is 5.97. The summed E-state index contributed by atoms with van der Waals surface area (Å²) in [7, 11) is -16.7. The van der Waals surface area contributed by atoms with Crippen LogP contribution >= 0.6 is 23.5 Å². The van der Waals surface area contributed by atoms with Crippen LogP contribution in [0.25, 0.3) is 0 Å². The summed E-state index contributed by atoms with van der Waals surface area (Å²) in [5.41, 5.74) is 4.17. The molecule has 0 saturated carbocycles. The maximum Gasteiger partial charge on any atom is 0.490 e. The van der Waals surface area contributed by atoms with Crippen molar-refractivity contribution in [1.29, 1.82) is 0 Å². The van der Waals surface area contributed by atoms with E-state index in [0.29, 0.717) is 10.8 Å². The molecule has 0 spiro atoms. The lowest BCUT2D eigenvalue weighted by molar-refractivity contribution is -0.0470. The van der Waals surface area contributed by atoms with Gasteiger partial charge in [0.1, 0.15) is 12.3 Å². The average molecular weight is 499 g/mol. The van der Waals surface area contributed by atoms with Crippen LogP contribution in [0.4, 0.5) is 10.2 Å². The van der Waals surface area contributed by atoms with Gasteiger partial charge in [-0.2, -0.15) is 13.6 Å². The van der Waals surface area contributed by atoms with Gasteiger partial charge < -0.3 is 35.2 Å². The summed E-state index contributed by atoms with van der Waals surface area (Å²) < 4.78 is 64.7. The van der Waals surface area contributed by atoms with Gasteiger partial charge in [0.2, 0.25) is 0 Å². The number of anilines is 1. The SMILES string of the molecule is C[C@H]1[C@H](O)[C@@H](COP(=O)(O)OP(=O)(O)OP(=O)(O)O)O[C@H]1n1cc(F)c(N)nc1=O. The fourth-order valence-electron chi connectivity index (χ4n) is 2.46. The van der Waals surface area contributed by atoms with Crippen LogP contribution in [0.15, 0.2) is 11.0 Å². The molecule has 0 amide bonds. The molecule has 0 bridgehead atoms.